The standard InChI is InChI=1S/C5H4O3S/c6-4(7)3-1-2-9-5(3)8/h1-3H,(H,6,7). The Morgan fingerprint density at radius 1 is 1.78 bits per heavy atom. The van der Waals surface area contributed by atoms with Gasteiger partial charge in [-0.25, -0.2) is 0 Å². The summed E-state index contributed by atoms with van der Waals surface area (Å²) in [7, 11) is 0. The van der Waals surface area contributed by atoms with E-state index in [2.05, 4.69) is 0 Å². The predicted octanol–water partition coefficient (Wildman–Crippen LogP) is 0.474. The van der Waals surface area contributed by atoms with E-state index in [1.165, 1.54) is 11.5 Å². The highest BCUT2D eigenvalue weighted by Gasteiger charge is 2.26. The number of hydrogen-bond acceptors (Lipinski definition) is 3. The van der Waals surface area contributed by atoms with Gasteiger partial charge in [-0.2, -0.15) is 0 Å². The van der Waals surface area contributed by atoms with E-state index in [9.17, 15) is 9.59 Å². The third kappa shape index (κ3) is 1.13. The number of thioether (sulfide) groups is 1. The SMILES string of the molecule is O=C(O)C1C=CSC1=O. The van der Waals surface area contributed by atoms with Crippen molar-refractivity contribution in [2.24, 2.45) is 5.92 Å². The lowest BCUT2D eigenvalue weighted by Gasteiger charge is -1.94. The molecule has 0 amide bonds. The molecule has 1 unspecified atom stereocenters. The highest BCUT2D eigenvalue weighted by molar-refractivity contribution is 8.16. The summed E-state index contributed by atoms with van der Waals surface area (Å²) >= 11 is 0.933. The molecule has 0 bridgehead atoms. The Hall–Kier alpha value is -0.770. The molecule has 0 aliphatic carbocycles. The Morgan fingerprint density at radius 2 is 2.44 bits per heavy atom. The van der Waals surface area contributed by atoms with Crippen LogP contribution in [0.25, 0.3) is 0 Å². The van der Waals surface area contributed by atoms with Gasteiger partial charge in [0.05, 0.1) is 0 Å². The van der Waals surface area contributed by atoms with Gasteiger partial charge in [-0.3, -0.25) is 9.59 Å². The van der Waals surface area contributed by atoms with Crippen LogP contribution in [0.5, 0.6) is 0 Å². The molecule has 0 radical (unpaired) electrons. The first-order valence-corrected chi connectivity index (χ1v) is 3.20. The first kappa shape index (κ1) is 6.35. The van der Waals surface area contributed by atoms with Crippen LogP contribution in [-0.4, -0.2) is 16.2 Å². The summed E-state index contributed by atoms with van der Waals surface area (Å²) in [6, 6.07) is 0. The van der Waals surface area contributed by atoms with Crippen LogP contribution in [-0.2, 0) is 9.59 Å². The Labute approximate surface area is 55.7 Å². The fourth-order valence-electron chi connectivity index (χ4n) is 0.520. The monoisotopic (exact) mass is 144 g/mol. The lowest BCUT2D eigenvalue weighted by atomic mass is 10.2. The van der Waals surface area contributed by atoms with Gasteiger partial charge in [-0.05, 0) is 5.41 Å². The lowest BCUT2D eigenvalue weighted by Crippen LogP contribution is -2.15. The summed E-state index contributed by atoms with van der Waals surface area (Å²) in [6.45, 7) is 0. The van der Waals surface area contributed by atoms with E-state index in [4.69, 9.17) is 5.11 Å². The molecular weight excluding hydrogens is 140 g/mol. The molecule has 0 saturated heterocycles. The van der Waals surface area contributed by atoms with Gasteiger partial charge in [-0.15, -0.1) is 0 Å². The van der Waals surface area contributed by atoms with Crippen LogP contribution in [0.1, 0.15) is 0 Å². The second kappa shape index (κ2) is 2.23. The minimum atomic E-state index is -1.07. The van der Waals surface area contributed by atoms with Crippen LogP contribution in [0.3, 0.4) is 0 Å². The van der Waals surface area contributed by atoms with E-state index in [0.717, 1.165) is 11.8 Å². The first-order valence-electron chi connectivity index (χ1n) is 2.32. The third-order valence-electron chi connectivity index (χ3n) is 0.975. The van der Waals surface area contributed by atoms with Gasteiger partial charge in [0.2, 0.25) is 5.12 Å². The molecule has 1 aliphatic heterocycles. The van der Waals surface area contributed by atoms with Crippen LogP contribution in [0, 0.1) is 5.92 Å². The second-order valence-electron chi connectivity index (χ2n) is 1.58. The lowest BCUT2D eigenvalue weighted by molar-refractivity contribution is -0.142. The van der Waals surface area contributed by atoms with E-state index in [1.54, 1.807) is 0 Å². The smallest absolute Gasteiger partial charge is 0.318 e. The molecule has 0 aromatic rings. The number of carboxylic acids is 1. The highest BCUT2D eigenvalue weighted by atomic mass is 32.2. The molecule has 0 aromatic carbocycles. The van der Waals surface area contributed by atoms with Gasteiger partial charge in [0.25, 0.3) is 0 Å². The average Bonchev–Trinajstić information content (AvgIpc) is 2.13. The quantitative estimate of drug-likeness (QED) is 0.543. The Kier molecular flexibility index (Phi) is 1.57. The summed E-state index contributed by atoms with van der Waals surface area (Å²) < 4.78 is 0. The fourth-order valence-corrected chi connectivity index (χ4v) is 1.22. The minimum Gasteiger partial charge on any atom is -0.480 e. The molecule has 1 aliphatic rings. The molecular formula is C5H4O3S. The molecule has 9 heavy (non-hydrogen) atoms. The maximum absolute atomic E-state index is 10.5. The van der Waals surface area contributed by atoms with Crippen LogP contribution in [0.2, 0.25) is 0 Å². The topological polar surface area (TPSA) is 54.4 Å². The number of rotatable bonds is 1. The molecule has 0 spiro atoms. The molecule has 1 rings (SSSR count). The first-order chi connectivity index (χ1) is 4.22. The zero-order valence-electron chi connectivity index (χ0n) is 4.40. The zero-order chi connectivity index (χ0) is 6.85. The normalized spacial score (nSPS) is 24.9. The van der Waals surface area contributed by atoms with Gasteiger partial charge in [0.1, 0.15) is 5.92 Å². The average molecular weight is 144 g/mol. The molecule has 0 fully saturated rings. The van der Waals surface area contributed by atoms with Crippen molar-refractivity contribution in [2.45, 2.75) is 0 Å². The summed E-state index contributed by atoms with van der Waals surface area (Å²) in [6.07, 6.45) is 1.38. The summed E-state index contributed by atoms with van der Waals surface area (Å²) in [4.78, 5) is 20.7. The molecule has 4 heteroatoms. The Balaban J connectivity index is 2.71. The van der Waals surface area contributed by atoms with Crippen molar-refractivity contribution in [3.05, 3.63) is 11.5 Å². The van der Waals surface area contributed by atoms with E-state index >= 15 is 0 Å². The molecule has 1 atom stereocenters. The Morgan fingerprint density at radius 3 is 2.67 bits per heavy atom. The summed E-state index contributed by atoms with van der Waals surface area (Å²) in [5.41, 5.74) is 0. The fraction of sp³-hybridized carbons (Fsp3) is 0.200. The van der Waals surface area contributed by atoms with Crippen LogP contribution in [0.4, 0.5) is 0 Å². The number of hydrogen-bond donors (Lipinski definition) is 1. The number of aliphatic carboxylic acids is 1. The van der Waals surface area contributed by atoms with E-state index < -0.39 is 11.9 Å². The molecule has 0 aromatic heterocycles. The minimum absolute atomic E-state index is 0.303. The van der Waals surface area contributed by atoms with Crippen LogP contribution >= 0.6 is 11.8 Å². The largest absolute Gasteiger partial charge is 0.480 e. The number of carbonyl (C=O) groups is 2. The third-order valence-corrected chi connectivity index (χ3v) is 1.75. The van der Waals surface area contributed by atoms with Crippen molar-refractivity contribution in [2.75, 3.05) is 0 Å². The van der Waals surface area contributed by atoms with Crippen molar-refractivity contribution in [1.29, 1.82) is 0 Å². The predicted molar refractivity (Wildman–Crippen MR) is 32.9 cm³/mol. The second-order valence-corrected chi connectivity index (χ2v) is 2.49. The van der Waals surface area contributed by atoms with Gasteiger partial charge in [-0.1, -0.05) is 17.8 Å². The van der Waals surface area contributed by atoms with Gasteiger partial charge in [0.15, 0.2) is 0 Å². The Bertz CT molecular complexity index is 185. The zero-order valence-corrected chi connectivity index (χ0v) is 5.22. The molecule has 48 valence electrons. The van der Waals surface area contributed by atoms with Gasteiger partial charge >= 0.3 is 5.97 Å². The number of carboxylic acid groups (broad SMARTS) is 1. The molecule has 0 saturated carbocycles. The maximum atomic E-state index is 10.5. The van der Waals surface area contributed by atoms with E-state index in [1.807, 2.05) is 0 Å². The van der Waals surface area contributed by atoms with Crippen molar-refractivity contribution < 1.29 is 14.7 Å². The molecule has 1 N–H and O–H groups in total. The van der Waals surface area contributed by atoms with E-state index in [-0.39, 0.29) is 5.12 Å². The van der Waals surface area contributed by atoms with Crippen LogP contribution < -0.4 is 0 Å². The maximum Gasteiger partial charge on any atom is 0.318 e. The summed E-state index contributed by atoms with van der Waals surface area (Å²) in [5.74, 6) is -1.98. The van der Waals surface area contributed by atoms with E-state index in [0.29, 0.717) is 0 Å². The highest BCUT2D eigenvalue weighted by Crippen LogP contribution is 2.22. The molecule has 3 nitrogen and oxygen atoms in total. The molecule has 1 heterocycles. The van der Waals surface area contributed by atoms with Gasteiger partial charge in [0, 0.05) is 0 Å². The van der Waals surface area contributed by atoms with Gasteiger partial charge < -0.3 is 5.11 Å². The van der Waals surface area contributed by atoms with Crippen molar-refractivity contribution >= 4 is 22.8 Å². The van der Waals surface area contributed by atoms with Crippen molar-refractivity contribution in [3.8, 4) is 0 Å². The summed E-state index contributed by atoms with van der Waals surface area (Å²) in [5, 5.41) is 9.50. The number of carbonyl (C=O) groups excluding carboxylic acids is 1. The van der Waals surface area contributed by atoms with Crippen molar-refractivity contribution in [1.82, 2.24) is 0 Å². The van der Waals surface area contributed by atoms with Crippen LogP contribution in [0.15, 0.2) is 11.5 Å². The van der Waals surface area contributed by atoms with Crippen molar-refractivity contribution in [3.63, 3.8) is 0 Å².